The van der Waals surface area contributed by atoms with Crippen molar-refractivity contribution in [3.05, 3.63) is 27.9 Å². The third-order valence-corrected chi connectivity index (χ3v) is 2.00. The molecule has 0 spiro atoms. The van der Waals surface area contributed by atoms with Gasteiger partial charge in [0.25, 0.3) is 0 Å². The molecule has 0 amide bonds. The molecule has 1 rings (SSSR count). The van der Waals surface area contributed by atoms with Crippen LogP contribution in [0.5, 0.6) is 0 Å². The largest absolute Gasteiger partial charge is 0.462 e. The molecule has 0 unspecified atom stereocenters. The Hall–Kier alpha value is -1.65. The lowest BCUT2D eigenvalue weighted by molar-refractivity contribution is -0.148. The Morgan fingerprint density at radius 3 is 2.62 bits per heavy atom. The maximum Gasteiger partial charge on any atom is 0.348 e. The molecule has 1 heterocycles. The normalized spacial score (nSPS) is 10.6. The van der Waals surface area contributed by atoms with E-state index in [1.165, 1.54) is 4.57 Å². The van der Waals surface area contributed by atoms with Gasteiger partial charge in [0.2, 0.25) is 0 Å². The van der Waals surface area contributed by atoms with Crippen LogP contribution < -0.4 is 5.69 Å². The zero-order chi connectivity index (χ0) is 12.3. The molecule has 0 saturated carbocycles. The molecule has 5 nitrogen and oxygen atoms in total. The zero-order valence-corrected chi connectivity index (χ0v) is 9.98. The van der Waals surface area contributed by atoms with Gasteiger partial charge in [-0.3, -0.25) is 9.36 Å². The molecule has 0 aliphatic carbocycles. The molecule has 0 radical (unpaired) electrons. The number of hydrogen-bond acceptors (Lipinski definition) is 4. The fourth-order valence-corrected chi connectivity index (χ4v) is 1.40. The van der Waals surface area contributed by atoms with Gasteiger partial charge in [-0.25, -0.2) is 4.79 Å². The lowest BCUT2D eigenvalue weighted by Gasteiger charge is -2.11. The highest BCUT2D eigenvalue weighted by molar-refractivity contribution is 5.69. The summed E-state index contributed by atoms with van der Waals surface area (Å²) in [6.07, 6.45) is -0.179. The summed E-state index contributed by atoms with van der Waals surface area (Å²) < 4.78 is 6.27. The average Bonchev–Trinajstić information content (AvgIpc) is 2.09. The van der Waals surface area contributed by atoms with Gasteiger partial charge in [-0.2, -0.15) is 4.98 Å². The summed E-state index contributed by atoms with van der Waals surface area (Å²) in [6, 6.07) is 1.75. The first-order valence-corrected chi connectivity index (χ1v) is 5.14. The molecule has 88 valence electrons. The first-order valence-electron chi connectivity index (χ1n) is 5.14. The quantitative estimate of drug-likeness (QED) is 0.713. The molecule has 0 aromatic carbocycles. The molecule has 0 atom stereocenters. The Balaban J connectivity index is 2.90. The van der Waals surface area contributed by atoms with Crippen LogP contribution in [0.25, 0.3) is 0 Å². The molecular formula is C11H16N2O3. The summed E-state index contributed by atoms with van der Waals surface area (Å²) >= 11 is 0. The van der Waals surface area contributed by atoms with Gasteiger partial charge in [0.1, 0.15) is 6.54 Å². The number of aryl methyl sites for hydroxylation is 2. The summed E-state index contributed by atoms with van der Waals surface area (Å²) in [5, 5.41) is 0. The van der Waals surface area contributed by atoms with Crippen molar-refractivity contribution in [2.24, 2.45) is 0 Å². The van der Waals surface area contributed by atoms with Crippen LogP contribution in [0.3, 0.4) is 0 Å². The third-order valence-electron chi connectivity index (χ3n) is 2.00. The van der Waals surface area contributed by atoms with Crippen molar-refractivity contribution in [1.82, 2.24) is 9.55 Å². The fourth-order valence-electron chi connectivity index (χ4n) is 1.40. The maximum absolute atomic E-state index is 11.5. The second-order valence-electron chi connectivity index (χ2n) is 3.95. The average molecular weight is 224 g/mol. The summed E-state index contributed by atoms with van der Waals surface area (Å²) in [7, 11) is 0. The summed E-state index contributed by atoms with van der Waals surface area (Å²) in [5.74, 6) is -0.425. The topological polar surface area (TPSA) is 61.2 Å². The van der Waals surface area contributed by atoms with Crippen molar-refractivity contribution in [3.63, 3.8) is 0 Å². The third kappa shape index (κ3) is 3.18. The van der Waals surface area contributed by atoms with Gasteiger partial charge < -0.3 is 4.74 Å². The lowest BCUT2D eigenvalue weighted by Crippen LogP contribution is -2.30. The van der Waals surface area contributed by atoms with Gasteiger partial charge in [-0.05, 0) is 33.8 Å². The van der Waals surface area contributed by atoms with Crippen LogP contribution in [0, 0.1) is 13.8 Å². The molecule has 0 N–H and O–H groups in total. The van der Waals surface area contributed by atoms with E-state index in [1.54, 1.807) is 33.8 Å². The van der Waals surface area contributed by atoms with Crippen molar-refractivity contribution in [2.45, 2.75) is 40.3 Å². The van der Waals surface area contributed by atoms with E-state index in [4.69, 9.17) is 4.74 Å². The van der Waals surface area contributed by atoms with Crippen LogP contribution in [-0.4, -0.2) is 21.6 Å². The second kappa shape index (κ2) is 4.92. The van der Waals surface area contributed by atoms with Crippen LogP contribution in [0.15, 0.2) is 10.9 Å². The lowest BCUT2D eigenvalue weighted by atomic mass is 10.3. The minimum absolute atomic E-state index is 0.0872. The van der Waals surface area contributed by atoms with Crippen LogP contribution >= 0.6 is 0 Å². The van der Waals surface area contributed by atoms with Crippen molar-refractivity contribution < 1.29 is 9.53 Å². The predicted molar refractivity (Wildman–Crippen MR) is 59.2 cm³/mol. The standard InChI is InChI=1S/C11H16N2O3/c1-7(2)16-10(14)6-13-9(4)5-8(3)12-11(13)15/h5,7H,6H2,1-4H3. The summed E-state index contributed by atoms with van der Waals surface area (Å²) in [4.78, 5) is 26.7. The smallest absolute Gasteiger partial charge is 0.348 e. The molecule has 0 aliphatic heterocycles. The summed E-state index contributed by atoms with van der Waals surface area (Å²) in [5.41, 5.74) is 0.937. The molecular weight excluding hydrogens is 208 g/mol. The molecule has 0 bridgehead atoms. The number of nitrogens with zero attached hydrogens (tertiary/aromatic N) is 2. The van der Waals surface area contributed by atoms with E-state index in [0.717, 1.165) is 0 Å². The molecule has 16 heavy (non-hydrogen) atoms. The molecule has 1 aromatic heterocycles. The van der Waals surface area contributed by atoms with E-state index in [2.05, 4.69) is 4.98 Å². The van der Waals surface area contributed by atoms with E-state index in [-0.39, 0.29) is 12.6 Å². The fraction of sp³-hybridized carbons (Fsp3) is 0.545. The number of hydrogen-bond donors (Lipinski definition) is 0. The van der Waals surface area contributed by atoms with Gasteiger partial charge in [0.15, 0.2) is 0 Å². The van der Waals surface area contributed by atoms with E-state index in [1.807, 2.05) is 0 Å². The van der Waals surface area contributed by atoms with Gasteiger partial charge in [0, 0.05) is 11.4 Å². The van der Waals surface area contributed by atoms with Gasteiger partial charge in [-0.1, -0.05) is 0 Å². The van der Waals surface area contributed by atoms with E-state index in [0.29, 0.717) is 11.4 Å². The SMILES string of the molecule is Cc1cc(C)n(CC(=O)OC(C)C)c(=O)n1. The predicted octanol–water partition coefficient (Wildman–Crippen LogP) is 0.812. The highest BCUT2D eigenvalue weighted by Gasteiger charge is 2.10. The highest BCUT2D eigenvalue weighted by atomic mass is 16.5. The Kier molecular flexibility index (Phi) is 3.82. The Morgan fingerprint density at radius 2 is 2.12 bits per heavy atom. The van der Waals surface area contributed by atoms with E-state index >= 15 is 0 Å². The highest BCUT2D eigenvalue weighted by Crippen LogP contribution is 1.98. The molecule has 0 aliphatic rings. The minimum Gasteiger partial charge on any atom is -0.462 e. The number of esters is 1. The van der Waals surface area contributed by atoms with Gasteiger partial charge in [0.05, 0.1) is 6.10 Å². The van der Waals surface area contributed by atoms with E-state index in [9.17, 15) is 9.59 Å². The monoisotopic (exact) mass is 224 g/mol. The number of rotatable bonds is 3. The Bertz CT molecular complexity index is 449. The van der Waals surface area contributed by atoms with E-state index < -0.39 is 11.7 Å². The summed E-state index contributed by atoms with van der Waals surface area (Å²) in [6.45, 7) is 6.95. The minimum atomic E-state index is -0.425. The first-order chi connectivity index (χ1) is 7.40. The second-order valence-corrected chi connectivity index (χ2v) is 3.95. The van der Waals surface area contributed by atoms with Crippen molar-refractivity contribution >= 4 is 5.97 Å². The Morgan fingerprint density at radius 1 is 1.50 bits per heavy atom. The Labute approximate surface area is 94.1 Å². The van der Waals surface area contributed by atoms with Crippen molar-refractivity contribution in [3.8, 4) is 0 Å². The van der Waals surface area contributed by atoms with Crippen LogP contribution in [0.2, 0.25) is 0 Å². The van der Waals surface area contributed by atoms with Crippen LogP contribution in [-0.2, 0) is 16.1 Å². The van der Waals surface area contributed by atoms with Gasteiger partial charge in [-0.15, -0.1) is 0 Å². The molecule has 1 aromatic rings. The number of aromatic nitrogens is 2. The van der Waals surface area contributed by atoms with Gasteiger partial charge >= 0.3 is 11.7 Å². The van der Waals surface area contributed by atoms with Crippen molar-refractivity contribution in [2.75, 3.05) is 0 Å². The maximum atomic E-state index is 11.5. The first kappa shape index (κ1) is 12.4. The molecule has 5 heteroatoms. The number of carbonyl (C=O) groups is 1. The number of ether oxygens (including phenoxy) is 1. The number of carbonyl (C=O) groups excluding carboxylic acids is 1. The van der Waals surface area contributed by atoms with Crippen LogP contribution in [0.4, 0.5) is 0 Å². The van der Waals surface area contributed by atoms with Crippen molar-refractivity contribution in [1.29, 1.82) is 0 Å². The molecule has 0 fully saturated rings. The van der Waals surface area contributed by atoms with Crippen LogP contribution in [0.1, 0.15) is 25.2 Å². The zero-order valence-electron chi connectivity index (χ0n) is 9.98. The molecule has 0 saturated heterocycles.